The molecular formula is C17H17NO2. The summed E-state index contributed by atoms with van der Waals surface area (Å²) in [5.41, 5.74) is 4.95. The molecule has 1 heterocycles. The second-order valence-corrected chi connectivity index (χ2v) is 5.51. The summed E-state index contributed by atoms with van der Waals surface area (Å²) in [7, 11) is 1.70. The van der Waals surface area contributed by atoms with Crippen molar-refractivity contribution in [2.45, 2.75) is 25.5 Å². The highest BCUT2D eigenvalue weighted by atomic mass is 16.5. The highest BCUT2D eigenvalue weighted by molar-refractivity contribution is 5.65. The van der Waals surface area contributed by atoms with Crippen molar-refractivity contribution >= 4 is 5.69 Å². The lowest BCUT2D eigenvalue weighted by molar-refractivity contribution is 0.183. The second kappa shape index (κ2) is 4.17. The molecule has 0 amide bonds. The summed E-state index contributed by atoms with van der Waals surface area (Å²) in [5, 5.41) is 3.65. The van der Waals surface area contributed by atoms with Crippen molar-refractivity contribution in [2.24, 2.45) is 0 Å². The van der Waals surface area contributed by atoms with E-state index in [2.05, 4.69) is 30.4 Å². The highest BCUT2D eigenvalue weighted by Crippen LogP contribution is 2.45. The number of para-hydroxylation sites is 1. The first-order valence-electron chi connectivity index (χ1n) is 6.96. The van der Waals surface area contributed by atoms with Gasteiger partial charge in [0.1, 0.15) is 17.6 Å². The molecule has 0 radical (unpaired) electrons. The van der Waals surface area contributed by atoms with E-state index in [1.807, 2.05) is 18.2 Å². The molecule has 1 aliphatic heterocycles. The molecule has 0 saturated carbocycles. The minimum atomic E-state index is 0.0781. The van der Waals surface area contributed by atoms with Gasteiger partial charge in [0.05, 0.1) is 18.8 Å². The van der Waals surface area contributed by atoms with Crippen LogP contribution in [0.2, 0.25) is 0 Å². The Morgan fingerprint density at radius 3 is 3.00 bits per heavy atom. The molecule has 102 valence electrons. The van der Waals surface area contributed by atoms with E-state index < -0.39 is 0 Å². The van der Waals surface area contributed by atoms with Gasteiger partial charge < -0.3 is 14.8 Å². The zero-order chi connectivity index (χ0) is 13.7. The van der Waals surface area contributed by atoms with Crippen LogP contribution in [0.4, 0.5) is 5.69 Å². The van der Waals surface area contributed by atoms with E-state index in [-0.39, 0.29) is 6.10 Å². The van der Waals surface area contributed by atoms with Crippen molar-refractivity contribution in [1.82, 2.24) is 0 Å². The topological polar surface area (TPSA) is 30.5 Å². The van der Waals surface area contributed by atoms with Crippen molar-refractivity contribution in [3.63, 3.8) is 0 Å². The molecule has 2 atom stereocenters. The van der Waals surface area contributed by atoms with Crippen LogP contribution in [-0.4, -0.2) is 13.2 Å². The van der Waals surface area contributed by atoms with Crippen molar-refractivity contribution in [3.05, 3.63) is 53.1 Å². The summed E-state index contributed by atoms with van der Waals surface area (Å²) in [6.07, 6.45) is 1.08. The monoisotopic (exact) mass is 267 g/mol. The third-order valence-corrected chi connectivity index (χ3v) is 4.28. The number of ether oxygens (including phenoxy) is 2. The zero-order valence-corrected chi connectivity index (χ0v) is 11.6. The number of methoxy groups -OCH3 is 1. The molecule has 1 N–H and O–H groups in total. The summed E-state index contributed by atoms with van der Waals surface area (Å²) < 4.78 is 11.6. The van der Waals surface area contributed by atoms with Gasteiger partial charge in [-0.2, -0.15) is 0 Å². The first-order chi connectivity index (χ1) is 9.76. The molecule has 0 aromatic heterocycles. The molecule has 0 fully saturated rings. The Morgan fingerprint density at radius 1 is 1.25 bits per heavy atom. The molecule has 3 heteroatoms. The van der Waals surface area contributed by atoms with Gasteiger partial charge in [0.15, 0.2) is 0 Å². The average Bonchev–Trinajstić information content (AvgIpc) is 2.82. The Morgan fingerprint density at radius 2 is 2.15 bits per heavy atom. The number of benzene rings is 2. The van der Waals surface area contributed by atoms with Gasteiger partial charge in [0, 0.05) is 5.56 Å². The molecule has 4 rings (SSSR count). The quantitative estimate of drug-likeness (QED) is 0.858. The molecule has 1 aliphatic carbocycles. The summed E-state index contributed by atoms with van der Waals surface area (Å²) in [6, 6.07) is 12.8. The van der Waals surface area contributed by atoms with E-state index in [0.717, 1.165) is 23.6 Å². The lowest BCUT2D eigenvalue weighted by Crippen LogP contribution is -2.32. The Bertz CT molecular complexity index is 681. The summed E-state index contributed by atoms with van der Waals surface area (Å²) in [4.78, 5) is 0. The first kappa shape index (κ1) is 11.6. The van der Waals surface area contributed by atoms with E-state index >= 15 is 0 Å². The molecular weight excluding hydrogens is 250 g/mol. The van der Waals surface area contributed by atoms with E-state index in [0.29, 0.717) is 6.04 Å². The zero-order valence-electron chi connectivity index (χ0n) is 11.6. The molecule has 2 aliphatic rings. The Balaban J connectivity index is 1.76. The predicted molar refractivity (Wildman–Crippen MR) is 78.7 cm³/mol. The van der Waals surface area contributed by atoms with Crippen LogP contribution in [0.1, 0.15) is 22.8 Å². The van der Waals surface area contributed by atoms with Crippen molar-refractivity contribution in [1.29, 1.82) is 0 Å². The molecule has 2 unspecified atom stereocenters. The van der Waals surface area contributed by atoms with Gasteiger partial charge >= 0.3 is 0 Å². The van der Waals surface area contributed by atoms with Gasteiger partial charge in [-0.15, -0.1) is 0 Å². The fraction of sp³-hybridized carbons (Fsp3) is 0.294. The lowest BCUT2D eigenvalue weighted by atomic mass is 10.1. The van der Waals surface area contributed by atoms with E-state index in [1.54, 1.807) is 7.11 Å². The number of rotatable bonds is 1. The van der Waals surface area contributed by atoms with Crippen molar-refractivity contribution < 1.29 is 9.47 Å². The number of fused-ring (bicyclic) bond motifs is 4. The van der Waals surface area contributed by atoms with Crippen LogP contribution in [0.15, 0.2) is 36.4 Å². The molecule has 0 saturated heterocycles. The normalized spacial score (nSPS) is 22.1. The molecule has 2 aromatic rings. The molecule has 3 nitrogen and oxygen atoms in total. The molecule has 0 spiro atoms. The standard InChI is InChI=1S/C17H17NO2/c1-10-4-3-5-15-16(10)18-14-8-11-6-7-12(19-2)9-13(11)17(14)20-15/h3-7,9,14,17-18H,8H2,1-2H3. The SMILES string of the molecule is COc1ccc2c(c1)C1Oc3cccc(C)c3NC1C2. The number of hydrogen-bond donors (Lipinski definition) is 1. The fourth-order valence-electron chi connectivity index (χ4n) is 3.23. The van der Waals surface area contributed by atoms with Crippen LogP contribution < -0.4 is 14.8 Å². The van der Waals surface area contributed by atoms with Gasteiger partial charge in [-0.25, -0.2) is 0 Å². The van der Waals surface area contributed by atoms with E-state index in [9.17, 15) is 0 Å². The third kappa shape index (κ3) is 1.59. The average molecular weight is 267 g/mol. The Labute approximate surface area is 118 Å². The van der Waals surface area contributed by atoms with Gasteiger partial charge in [0.2, 0.25) is 0 Å². The van der Waals surface area contributed by atoms with Gasteiger partial charge in [0.25, 0.3) is 0 Å². The molecule has 2 aromatic carbocycles. The minimum Gasteiger partial charge on any atom is -0.497 e. The maximum Gasteiger partial charge on any atom is 0.145 e. The van der Waals surface area contributed by atoms with Crippen LogP contribution in [0, 0.1) is 6.92 Å². The lowest BCUT2D eigenvalue weighted by Gasteiger charge is -2.32. The Kier molecular flexibility index (Phi) is 2.43. The first-order valence-corrected chi connectivity index (χ1v) is 6.96. The smallest absolute Gasteiger partial charge is 0.145 e. The highest BCUT2D eigenvalue weighted by Gasteiger charge is 2.38. The van der Waals surface area contributed by atoms with Crippen LogP contribution in [0.3, 0.4) is 0 Å². The summed E-state index contributed by atoms with van der Waals surface area (Å²) in [6.45, 7) is 2.11. The number of hydrogen-bond acceptors (Lipinski definition) is 3. The van der Waals surface area contributed by atoms with Gasteiger partial charge in [-0.05, 0) is 42.7 Å². The molecule has 0 bridgehead atoms. The predicted octanol–water partition coefficient (Wildman–Crippen LogP) is 3.47. The molecule has 20 heavy (non-hydrogen) atoms. The minimum absolute atomic E-state index is 0.0781. The number of nitrogens with one attached hydrogen (secondary N) is 1. The summed E-state index contributed by atoms with van der Waals surface area (Å²) in [5.74, 6) is 1.84. The van der Waals surface area contributed by atoms with Crippen LogP contribution in [0.5, 0.6) is 11.5 Å². The fourth-order valence-corrected chi connectivity index (χ4v) is 3.23. The van der Waals surface area contributed by atoms with Crippen molar-refractivity contribution in [2.75, 3.05) is 12.4 Å². The third-order valence-electron chi connectivity index (χ3n) is 4.28. The maximum absolute atomic E-state index is 6.24. The summed E-state index contributed by atoms with van der Waals surface area (Å²) >= 11 is 0. The van der Waals surface area contributed by atoms with Crippen LogP contribution in [0.25, 0.3) is 0 Å². The number of anilines is 1. The maximum atomic E-state index is 6.24. The largest absolute Gasteiger partial charge is 0.497 e. The number of aryl methyl sites for hydroxylation is 1. The van der Waals surface area contributed by atoms with E-state index in [4.69, 9.17) is 9.47 Å². The van der Waals surface area contributed by atoms with Gasteiger partial charge in [-0.3, -0.25) is 0 Å². The Hall–Kier alpha value is -2.16. The van der Waals surface area contributed by atoms with Crippen molar-refractivity contribution in [3.8, 4) is 11.5 Å². The van der Waals surface area contributed by atoms with Crippen LogP contribution in [-0.2, 0) is 6.42 Å². The van der Waals surface area contributed by atoms with Crippen LogP contribution >= 0.6 is 0 Å². The van der Waals surface area contributed by atoms with Gasteiger partial charge in [-0.1, -0.05) is 18.2 Å². The second-order valence-electron chi connectivity index (χ2n) is 5.51. The van der Waals surface area contributed by atoms with E-state index in [1.165, 1.54) is 16.7 Å².